The molecule has 0 aromatic heterocycles. The maximum absolute atomic E-state index is 13.3. The normalized spacial score (nSPS) is 21.2. The number of hydrogen-bond acceptors (Lipinski definition) is 14. The van der Waals surface area contributed by atoms with E-state index in [9.17, 15) is 43.5 Å². The molecule has 10 unspecified atom stereocenters. The van der Waals surface area contributed by atoms with E-state index < -0.39 is 78.3 Å². The highest BCUT2D eigenvalue weighted by Crippen LogP contribution is 2.58. The van der Waals surface area contributed by atoms with Gasteiger partial charge in [-0.05, 0) is 120 Å². The monoisotopic (exact) mass is 1190 g/mol. The number of carboxylic acid groups (broad SMARTS) is 1. The molecule has 3 aromatic rings. The van der Waals surface area contributed by atoms with Gasteiger partial charge in [0.15, 0.2) is 12.7 Å². The molecule has 1 saturated carbocycles. The van der Waals surface area contributed by atoms with Gasteiger partial charge in [0.25, 0.3) is 0 Å². The van der Waals surface area contributed by atoms with E-state index in [0.717, 1.165) is 36.3 Å². The summed E-state index contributed by atoms with van der Waals surface area (Å²) in [6.07, 6.45) is 7.97. The van der Waals surface area contributed by atoms with Crippen LogP contribution in [0.2, 0.25) is 5.02 Å². The first-order chi connectivity index (χ1) is 39.1. The van der Waals surface area contributed by atoms with Crippen molar-refractivity contribution in [3.8, 4) is 5.75 Å². The second kappa shape index (κ2) is 33.7. The number of carboxylic acids is 1. The fourth-order valence-corrected chi connectivity index (χ4v) is 12.2. The number of rotatable bonds is 27. The number of hydrogen-bond donors (Lipinski definition) is 5. The molecular formula is C62H81ClN4O13S2. The molecule has 1 aliphatic carbocycles. The second-order valence-electron chi connectivity index (χ2n) is 22.0. The number of methoxy groups -OCH3 is 1. The third-order valence-corrected chi connectivity index (χ3v) is 17.4. The molecule has 5 rings (SSSR count). The van der Waals surface area contributed by atoms with E-state index in [-0.39, 0.29) is 56.6 Å². The van der Waals surface area contributed by atoms with E-state index in [1.54, 1.807) is 31.2 Å². The van der Waals surface area contributed by atoms with Crippen LogP contribution < -0.4 is 26.0 Å². The Labute approximate surface area is 495 Å². The Kier molecular flexibility index (Phi) is 27.3. The molecule has 0 spiro atoms. The first-order valence-corrected chi connectivity index (χ1v) is 31.0. The van der Waals surface area contributed by atoms with E-state index in [1.165, 1.54) is 42.9 Å². The smallest absolute Gasteiger partial charge is 0.345 e. The van der Waals surface area contributed by atoms with Crippen molar-refractivity contribution >= 4 is 80.7 Å². The Morgan fingerprint density at radius 3 is 2.17 bits per heavy atom. The Balaban J connectivity index is 0.995. The summed E-state index contributed by atoms with van der Waals surface area (Å²) in [4.78, 5) is 101. The predicted octanol–water partition coefficient (Wildman–Crippen LogP) is 9.13. The van der Waals surface area contributed by atoms with Crippen LogP contribution in [0.3, 0.4) is 0 Å². The zero-order chi connectivity index (χ0) is 59.9. The molecule has 10 atom stereocenters. The molecule has 0 bridgehead atoms. The van der Waals surface area contributed by atoms with Crippen LogP contribution in [0.5, 0.6) is 5.75 Å². The minimum absolute atomic E-state index is 0.0233. The van der Waals surface area contributed by atoms with Crippen molar-refractivity contribution in [1.29, 1.82) is 0 Å². The van der Waals surface area contributed by atoms with Crippen LogP contribution in [0, 0.1) is 41.4 Å². The molecule has 3 aromatic carbocycles. The lowest BCUT2D eigenvalue weighted by atomic mass is 9.93. The summed E-state index contributed by atoms with van der Waals surface area (Å²) in [6.45, 7) is 12.4. The molecule has 4 amide bonds. The SMILES string of the molecule is COc1ccc(CC2NC(=O)C=CCC(C(C)CCc3ccc(CSSCc4ccc(C5C(C)C5C(C)CCC=CC(=O)NCC(=O)NCC(C)C(=O)OC(CC(C)C)C(=O)O)cc4)cc3)OC(=O)COC(=O)C(C)CNC2=O)cc1Cl. The topological polar surface area (TPSA) is 242 Å². The van der Waals surface area contributed by atoms with Gasteiger partial charge in [-0.1, -0.05) is 148 Å². The highest BCUT2D eigenvalue weighted by atomic mass is 35.5. The third-order valence-electron chi connectivity index (χ3n) is 14.8. The number of aliphatic carboxylic acids is 1. The third kappa shape index (κ3) is 22.5. The Morgan fingerprint density at radius 1 is 0.866 bits per heavy atom. The van der Waals surface area contributed by atoms with Crippen molar-refractivity contribution < 1.29 is 62.4 Å². The standard InChI is InChI=1S/C62H81ClN4O13S2/c1-37(2)28-52(60(73)74)80-62(76)41(6)31-64-55(70)33-65-53(68)14-10-9-12-39(4)57-42(7)58(57)47-25-22-45(23-26-47)36-82-81-35-44-20-18-43(19-21-44)17-16-38(3)50-13-11-15-54(69)67-49(30-46-24-27-51(77-8)48(63)29-46)59(72)66-32-40(5)61(75)78-34-56(71)79-50/h10-11,14-15,18-27,29,37-42,49-50,52,57-58H,9,12-13,16-17,28,30-36H2,1-8H3,(H,64,70)(H,65,68)(H,66,72)(H,67,69)(H,73,74). The number of carbonyl (C=O) groups excluding carboxylic acids is 7. The first-order valence-electron chi connectivity index (χ1n) is 28.1. The maximum atomic E-state index is 13.3. The van der Waals surface area contributed by atoms with Gasteiger partial charge < -0.3 is 45.3 Å². The van der Waals surface area contributed by atoms with Crippen LogP contribution in [-0.4, -0.2) is 104 Å². The van der Waals surface area contributed by atoms with Crippen LogP contribution in [-0.2, 0) is 76.9 Å². The number of ether oxygens (including phenoxy) is 4. The average Bonchev–Trinajstić information content (AvgIpc) is 2.87. The van der Waals surface area contributed by atoms with Gasteiger partial charge in [-0.2, -0.15) is 0 Å². The summed E-state index contributed by atoms with van der Waals surface area (Å²) in [5.74, 6) is -2.52. The van der Waals surface area contributed by atoms with Crippen molar-refractivity contribution in [2.45, 2.75) is 129 Å². The fourth-order valence-electron chi connectivity index (χ4n) is 9.74. The van der Waals surface area contributed by atoms with Gasteiger partial charge in [-0.15, -0.1) is 0 Å². The van der Waals surface area contributed by atoms with Crippen molar-refractivity contribution in [2.24, 2.45) is 41.4 Å². The highest BCUT2D eigenvalue weighted by molar-refractivity contribution is 8.76. The molecule has 0 radical (unpaired) electrons. The number of halogens is 1. The van der Waals surface area contributed by atoms with E-state index in [0.29, 0.717) is 46.4 Å². The summed E-state index contributed by atoms with van der Waals surface area (Å²) in [6, 6.07) is 21.6. The van der Waals surface area contributed by atoms with Crippen LogP contribution in [0.15, 0.2) is 91.0 Å². The minimum Gasteiger partial charge on any atom is -0.495 e. The minimum atomic E-state index is -1.25. The fraction of sp³-hybridized carbons (Fsp3) is 0.516. The second-order valence-corrected chi connectivity index (χ2v) is 24.9. The molecule has 1 aliphatic heterocycles. The van der Waals surface area contributed by atoms with Crippen molar-refractivity contribution in [3.05, 3.63) is 124 Å². The molecule has 1 fully saturated rings. The van der Waals surface area contributed by atoms with Gasteiger partial charge in [0.1, 0.15) is 17.9 Å². The van der Waals surface area contributed by atoms with Crippen molar-refractivity contribution in [2.75, 3.05) is 33.4 Å². The van der Waals surface area contributed by atoms with Crippen LogP contribution >= 0.6 is 33.2 Å². The summed E-state index contributed by atoms with van der Waals surface area (Å²) >= 11 is 6.33. The van der Waals surface area contributed by atoms with Gasteiger partial charge in [0.2, 0.25) is 23.6 Å². The summed E-state index contributed by atoms with van der Waals surface area (Å²) in [7, 11) is 5.12. The molecule has 5 N–H and O–H groups in total. The summed E-state index contributed by atoms with van der Waals surface area (Å²) in [5.41, 5.74) is 5.65. The molecule has 17 nitrogen and oxygen atoms in total. The lowest BCUT2D eigenvalue weighted by Crippen LogP contribution is -2.49. The zero-order valence-corrected chi connectivity index (χ0v) is 50.6. The van der Waals surface area contributed by atoms with Crippen LogP contribution in [0.4, 0.5) is 0 Å². The largest absolute Gasteiger partial charge is 0.495 e. The quantitative estimate of drug-likeness (QED) is 0.0157. The van der Waals surface area contributed by atoms with E-state index in [2.05, 4.69) is 83.6 Å². The number of allylic oxidation sites excluding steroid dienone is 1. The molecule has 82 heavy (non-hydrogen) atoms. The molecule has 2 aliphatic rings. The van der Waals surface area contributed by atoms with Crippen molar-refractivity contribution in [1.82, 2.24) is 21.3 Å². The number of amides is 4. The number of cyclic esters (lactones) is 2. The Hall–Kier alpha value is -6.31. The summed E-state index contributed by atoms with van der Waals surface area (Å²) in [5, 5.41) is 20.3. The van der Waals surface area contributed by atoms with Crippen LogP contribution in [0.25, 0.3) is 0 Å². The Bertz CT molecular complexity index is 2700. The van der Waals surface area contributed by atoms with Gasteiger partial charge in [0, 0.05) is 37.4 Å². The molecule has 0 saturated heterocycles. The van der Waals surface area contributed by atoms with Crippen LogP contribution in [0.1, 0.15) is 114 Å². The van der Waals surface area contributed by atoms with Gasteiger partial charge >= 0.3 is 23.9 Å². The Morgan fingerprint density at radius 2 is 1.52 bits per heavy atom. The predicted molar refractivity (Wildman–Crippen MR) is 318 cm³/mol. The van der Waals surface area contributed by atoms with Gasteiger partial charge in [-0.25, -0.2) is 9.59 Å². The van der Waals surface area contributed by atoms with E-state index in [4.69, 9.17) is 30.5 Å². The molecular weight excluding hydrogens is 1110 g/mol. The van der Waals surface area contributed by atoms with Gasteiger partial charge in [-0.3, -0.25) is 28.8 Å². The molecule has 1 heterocycles. The number of nitrogens with one attached hydrogen (secondary N) is 4. The van der Waals surface area contributed by atoms with E-state index >= 15 is 0 Å². The summed E-state index contributed by atoms with van der Waals surface area (Å²) < 4.78 is 21.5. The molecule has 20 heteroatoms. The van der Waals surface area contributed by atoms with Crippen molar-refractivity contribution in [3.63, 3.8) is 0 Å². The number of benzene rings is 3. The highest BCUT2D eigenvalue weighted by Gasteiger charge is 2.49. The average molecular weight is 1190 g/mol. The van der Waals surface area contributed by atoms with E-state index in [1.807, 2.05) is 48.4 Å². The number of carbonyl (C=O) groups is 8. The maximum Gasteiger partial charge on any atom is 0.345 e. The lowest BCUT2D eigenvalue weighted by Gasteiger charge is -2.24. The first kappa shape index (κ1) is 66.5. The van der Waals surface area contributed by atoms with Gasteiger partial charge in [0.05, 0.1) is 30.5 Å². The molecule has 446 valence electrons. The lowest BCUT2D eigenvalue weighted by molar-refractivity contribution is -0.167. The zero-order valence-electron chi connectivity index (χ0n) is 48.2. The number of esters is 3. The number of aryl methyl sites for hydroxylation is 1.